The monoisotopic (exact) mass is 233 g/mol. The second-order valence-electron chi connectivity index (χ2n) is 3.33. The Morgan fingerprint density at radius 3 is 3.00 bits per heavy atom. The summed E-state index contributed by atoms with van der Waals surface area (Å²) < 4.78 is 13.7. The molecule has 86 valence electrons. The first-order valence-electron chi connectivity index (χ1n) is 4.92. The van der Waals surface area contributed by atoms with E-state index in [0.717, 1.165) is 6.54 Å². The van der Waals surface area contributed by atoms with E-state index in [4.69, 9.17) is 0 Å². The van der Waals surface area contributed by atoms with Crippen LogP contribution in [-0.2, 0) is 6.54 Å². The van der Waals surface area contributed by atoms with Crippen molar-refractivity contribution < 1.29 is 4.39 Å². The Bertz CT molecular complexity index is 278. The number of halogens is 1. The molecule has 15 heavy (non-hydrogen) atoms. The van der Waals surface area contributed by atoms with Gasteiger partial charge in [0.05, 0.1) is 13.2 Å². The Morgan fingerprint density at radius 1 is 1.53 bits per heavy atom. The second kappa shape index (κ2) is 6.73. The maximum atomic E-state index is 12.0. The Kier molecular flexibility index (Phi) is 5.56. The Hall–Kier alpha value is -0.690. The van der Waals surface area contributed by atoms with Crippen LogP contribution in [0.1, 0.15) is 13.8 Å². The highest BCUT2D eigenvalue weighted by Crippen LogP contribution is 2.12. The van der Waals surface area contributed by atoms with Gasteiger partial charge in [-0.15, -0.1) is 5.10 Å². The molecule has 0 aromatic carbocycles. The van der Waals surface area contributed by atoms with Crippen LogP contribution in [0.5, 0.6) is 0 Å². The number of tetrazole rings is 1. The van der Waals surface area contributed by atoms with Crippen molar-refractivity contribution in [3.8, 4) is 0 Å². The highest BCUT2D eigenvalue weighted by molar-refractivity contribution is 7.99. The van der Waals surface area contributed by atoms with Crippen LogP contribution in [0.25, 0.3) is 0 Å². The number of hydrogen-bond donors (Lipinski definition) is 1. The maximum absolute atomic E-state index is 12.0. The predicted molar refractivity (Wildman–Crippen MR) is 57.7 cm³/mol. The van der Waals surface area contributed by atoms with E-state index in [2.05, 4.69) is 34.7 Å². The summed E-state index contributed by atoms with van der Waals surface area (Å²) in [5.41, 5.74) is 0. The van der Waals surface area contributed by atoms with Gasteiger partial charge in [-0.05, 0) is 10.4 Å². The number of rotatable bonds is 7. The summed E-state index contributed by atoms with van der Waals surface area (Å²) in [5, 5.41) is 15.2. The lowest BCUT2D eigenvalue weighted by Crippen LogP contribution is -2.27. The van der Waals surface area contributed by atoms with Gasteiger partial charge in [0, 0.05) is 18.3 Å². The lowest BCUT2D eigenvalue weighted by molar-refractivity contribution is 0.484. The van der Waals surface area contributed by atoms with E-state index < -0.39 is 0 Å². The highest BCUT2D eigenvalue weighted by atomic mass is 32.2. The van der Waals surface area contributed by atoms with Crippen molar-refractivity contribution in [3.63, 3.8) is 0 Å². The lowest BCUT2D eigenvalue weighted by Gasteiger charge is -2.08. The maximum Gasteiger partial charge on any atom is 0.209 e. The standard InChI is InChI=1S/C8H16FN5S/c1-7(2)10-4-5-14-8(11-12-13-14)15-6-3-9/h7,10H,3-6H2,1-2H3. The van der Waals surface area contributed by atoms with Crippen LogP contribution in [0.2, 0.25) is 0 Å². The molecular formula is C8H16FN5S. The third-order valence-electron chi connectivity index (χ3n) is 1.68. The van der Waals surface area contributed by atoms with E-state index in [1.54, 1.807) is 4.68 Å². The quantitative estimate of drug-likeness (QED) is 0.704. The van der Waals surface area contributed by atoms with Crippen molar-refractivity contribution in [3.05, 3.63) is 0 Å². The highest BCUT2D eigenvalue weighted by Gasteiger charge is 2.05. The summed E-state index contributed by atoms with van der Waals surface area (Å²) >= 11 is 1.34. The zero-order valence-corrected chi connectivity index (χ0v) is 9.80. The van der Waals surface area contributed by atoms with E-state index in [1.807, 2.05) is 0 Å². The first kappa shape index (κ1) is 12.4. The fourth-order valence-corrected chi connectivity index (χ4v) is 1.66. The minimum atomic E-state index is -0.359. The van der Waals surface area contributed by atoms with E-state index in [0.29, 0.717) is 23.5 Å². The number of nitrogens with one attached hydrogen (secondary N) is 1. The van der Waals surface area contributed by atoms with Crippen LogP contribution in [0.3, 0.4) is 0 Å². The average Bonchev–Trinajstić information content (AvgIpc) is 2.62. The minimum Gasteiger partial charge on any atom is -0.313 e. The predicted octanol–water partition coefficient (Wildman–Crippen LogP) is 0.733. The van der Waals surface area contributed by atoms with Crippen LogP contribution in [-0.4, -0.2) is 45.2 Å². The SMILES string of the molecule is CC(C)NCCn1nnnc1SCCF. The van der Waals surface area contributed by atoms with E-state index in [1.165, 1.54) is 11.8 Å². The molecule has 5 nitrogen and oxygen atoms in total. The molecule has 0 saturated heterocycles. The summed E-state index contributed by atoms with van der Waals surface area (Å²) in [7, 11) is 0. The zero-order valence-electron chi connectivity index (χ0n) is 8.98. The molecule has 0 spiro atoms. The molecule has 0 bridgehead atoms. The molecule has 1 heterocycles. The van der Waals surface area contributed by atoms with E-state index in [9.17, 15) is 4.39 Å². The van der Waals surface area contributed by atoms with Crippen molar-refractivity contribution in [2.45, 2.75) is 31.6 Å². The van der Waals surface area contributed by atoms with Crippen LogP contribution >= 0.6 is 11.8 Å². The molecule has 1 aromatic heterocycles. The van der Waals surface area contributed by atoms with Gasteiger partial charge in [0.2, 0.25) is 5.16 Å². The summed E-state index contributed by atoms with van der Waals surface area (Å²) in [4.78, 5) is 0. The molecule has 0 aliphatic carbocycles. The van der Waals surface area contributed by atoms with Gasteiger partial charge >= 0.3 is 0 Å². The van der Waals surface area contributed by atoms with Crippen molar-refractivity contribution in [2.24, 2.45) is 0 Å². The Labute approximate surface area is 92.8 Å². The molecule has 0 saturated carbocycles. The van der Waals surface area contributed by atoms with Gasteiger partial charge in [0.25, 0.3) is 0 Å². The number of thioether (sulfide) groups is 1. The van der Waals surface area contributed by atoms with Crippen molar-refractivity contribution >= 4 is 11.8 Å². The normalized spacial score (nSPS) is 11.2. The van der Waals surface area contributed by atoms with Gasteiger partial charge in [0.1, 0.15) is 0 Å². The van der Waals surface area contributed by atoms with Crippen LogP contribution in [0, 0.1) is 0 Å². The van der Waals surface area contributed by atoms with Gasteiger partial charge in [-0.25, -0.2) is 4.68 Å². The zero-order chi connectivity index (χ0) is 11.1. The summed E-state index contributed by atoms with van der Waals surface area (Å²) in [6, 6.07) is 0.448. The van der Waals surface area contributed by atoms with Crippen LogP contribution in [0.4, 0.5) is 4.39 Å². The molecule has 1 rings (SSSR count). The number of nitrogens with zero attached hydrogens (tertiary/aromatic N) is 4. The lowest BCUT2D eigenvalue weighted by atomic mass is 10.4. The molecule has 0 aliphatic heterocycles. The molecular weight excluding hydrogens is 217 g/mol. The van der Waals surface area contributed by atoms with Gasteiger partial charge in [-0.1, -0.05) is 25.6 Å². The molecule has 1 aromatic rings. The summed E-state index contributed by atoms with van der Waals surface area (Å²) in [5.74, 6) is 0.401. The van der Waals surface area contributed by atoms with Crippen LogP contribution < -0.4 is 5.32 Å². The first-order chi connectivity index (χ1) is 7.24. The molecule has 7 heteroatoms. The molecule has 1 N–H and O–H groups in total. The smallest absolute Gasteiger partial charge is 0.209 e. The van der Waals surface area contributed by atoms with Crippen molar-refractivity contribution in [2.75, 3.05) is 19.0 Å². The van der Waals surface area contributed by atoms with E-state index >= 15 is 0 Å². The second-order valence-corrected chi connectivity index (χ2v) is 4.39. The summed E-state index contributed by atoms with van der Waals surface area (Å²) in [6.45, 7) is 5.32. The number of hydrogen-bond acceptors (Lipinski definition) is 5. The van der Waals surface area contributed by atoms with Gasteiger partial charge in [-0.3, -0.25) is 4.39 Å². The topological polar surface area (TPSA) is 55.6 Å². The van der Waals surface area contributed by atoms with Gasteiger partial charge < -0.3 is 5.32 Å². The van der Waals surface area contributed by atoms with Gasteiger partial charge in [-0.2, -0.15) is 0 Å². The number of alkyl halides is 1. The third kappa shape index (κ3) is 4.57. The average molecular weight is 233 g/mol. The first-order valence-corrected chi connectivity index (χ1v) is 5.91. The Balaban J connectivity index is 2.35. The largest absolute Gasteiger partial charge is 0.313 e. The molecule has 0 radical (unpaired) electrons. The fraction of sp³-hybridized carbons (Fsp3) is 0.875. The Morgan fingerprint density at radius 2 is 2.33 bits per heavy atom. The molecule has 0 fully saturated rings. The third-order valence-corrected chi connectivity index (χ3v) is 2.59. The summed E-state index contributed by atoms with van der Waals surface area (Å²) in [6.07, 6.45) is 0. The number of aromatic nitrogens is 4. The molecule has 0 unspecified atom stereocenters. The van der Waals surface area contributed by atoms with Crippen molar-refractivity contribution in [1.29, 1.82) is 0 Å². The molecule has 0 atom stereocenters. The fourth-order valence-electron chi connectivity index (χ4n) is 1.03. The van der Waals surface area contributed by atoms with Crippen LogP contribution in [0.15, 0.2) is 5.16 Å². The van der Waals surface area contributed by atoms with Crippen molar-refractivity contribution in [1.82, 2.24) is 25.5 Å². The van der Waals surface area contributed by atoms with Gasteiger partial charge in [0.15, 0.2) is 0 Å². The minimum absolute atomic E-state index is 0.359. The molecule has 0 aliphatic rings. The van der Waals surface area contributed by atoms with E-state index in [-0.39, 0.29) is 6.67 Å². The molecule has 0 amide bonds.